The summed E-state index contributed by atoms with van der Waals surface area (Å²) in [5.74, 6) is -0.171. The van der Waals surface area contributed by atoms with Crippen LogP contribution in [0.1, 0.15) is 39.9 Å². The zero-order valence-electron chi connectivity index (χ0n) is 13.1. The summed E-state index contributed by atoms with van der Waals surface area (Å²) in [6.07, 6.45) is 1.92. The summed E-state index contributed by atoms with van der Waals surface area (Å²) in [5.41, 5.74) is 4.67. The molecule has 1 aliphatic rings. The quantitative estimate of drug-likeness (QED) is 0.869. The molecule has 0 radical (unpaired) electrons. The fourth-order valence-corrected chi connectivity index (χ4v) is 3.36. The highest BCUT2D eigenvalue weighted by Crippen LogP contribution is 2.22. The summed E-state index contributed by atoms with van der Waals surface area (Å²) in [7, 11) is 1.37. The van der Waals surface area contributed by atoms with Crippen molar-refractivity contribution >= 4 is 29.0 Å². The predicted molar refractivity (Wildman–Crippen MR) is 86.5 cm³/mol. The highest BCUT2D eigenvalue weighted by Gasteiger charge is 2.20. The molecule has 0 saturated carbocycles. The maximum Gasteiger partial charge on any atom is 0.409 e. The van der Waals surface area contributed by atoms with E-state index < -0.39 is 0 Å². The molecule has 2 heterocycles. The number of methoxy groups -OCH3 is 1. The minimum Gasteiger partial charge on any atom is -0.453 e. The molecule has 7 heteroatoms. The molecule has 1 fully saturated rings. The fraction of sp³-hybridized carbons (Fsp3) is 0.533. The van der Waals surface area contributed by atoms with E-state index >= 15 is 0 Å². The van der Waals surface area contributed by atoms with Crippen LogP contribution in [0.5, 0.6) is 0 Å². The molecule has 0 atom stereocenters. The lowest BCUT2D eigenvalue weighted by Crippen LogP contribution is -2.39. The predicted octanol–water partition coefficient (Wildman–Crippen LogP) is 2.57. The molecule has 0 spiro atoms. The van der Waals surface area contributed by atoms with Crippen LogP contribution in [-0.4, -0.2) is 42.8 Å². The zero-order chi connectivity index (χ0) is 16.1. The average Bonchev–Trinajstić information content (AvgIpc) is 2.93. The number of amides is 2. The number of rotatable bonds is 3. The molecule has 0 aromatic carbocycles. The Kier molecular flexibility index (Phi) is 5.54. The lowest BCUT2D eigenvalue weighted by molar-refractivity contribution is 0.0957. The first-order valence-corrected chi connectivity index (χ1v) is 8.14. The summed E-state index contributed by atoms with van der Waals surface area (Å²) in [4.78, 5) is 27.0. The Morgan fingerprint density at radius 1 is 1.41 bits per heavy atom. The van der Waals surface area contributed by atoms with Crippen LogP contribution in [0.4, 0.5) is 4.79 Å². The van der Waals surface area contributed by atoms with Gasteiger partial charge in [0.05, 0.1) is 12.0 Å². The molecule has 1 aliphatic heterocycles. The molecule has 1 aromatic rings. The van der Waals surface area contributed by atoms with Gasteiger partial charge in [0.2, 0.25) is 0 Å². The van der Waals surface area contributed by atoms with E-state index in [9.17, 15) is 9.59 Å². The molecule has 0 unspecified atom stereocenters. The Morgan fingerprint density at radius 2 is 2.09 bits per heavy atom. The SMILES string of the molecule is CCc1sc(C(=O)NN=C2CCN(C(=O)OC)CC2)cc1C. The van der Waals surface area contributed by atoms with Gasteiger partial charge in [-0.2, -0.15) is 5.10 Å². The smallest absolute Gasteiger partial charge is 0.409 e. The molecule has 2 amide bonds. The molecular weight excluding hydrogens is 302 g/mol. The fourth-order valence-electron chi connectivity index (χ4n) is 2.36. The van der Waals surface area contributed by atoms with Gasteiger partial charge in [-0.05, 0) is 25.0 Å². The van der Waals surface area contributed by atoms with Crippen LogP contribution >= 0.6 is 11.3 Å². The topological polar surface area (TPSA) is 71.0 Å². The molecule has 1 aromatic heterocycles. The second-order valence-corrected chi connectivity index (χ2v) is 6.28. The number of carbonyl (C=O) groups excluding carboxylic acids is 2. The number of hydrogen-bond acceptors (Lipinski definition) is 5. The largest absolute Gasteiger partial charge is 0.453 e. The summed E-state index contributed by atoms with van der Waals surface area (Å²) in [6.45, 7) is 5.23. The van der Waals surface area contributed by atoms with Crippen molar-refractivity contribution < 1.29 is 14.3 Å². The Bertz CT molecular complexity index is 585. The van der Waals surface area contributed by atoms with E-state index in [2.05, 4.69) is 22.2 Å². The molecule has 2 rings (SSSR count). The number of thiophene rings is 1. The van der Waals surface area contributed by atoms with E-state index in [1.807, 2.05) is 13.0 Å². The molecular formula is C15H21N3O3S. The van der Waals surface area contributed by atoms with E-state index in [-0.39, 0.29) is 12.0 Å². The molecule has 6 nitrogen and oxygen atoms in total. The van der Waals surface area contributed by atoms with Crippen LogP contribution in [0.2, 0.25) is 0 Å². The van der Waals surface area contributed by atoms with E-state index in [1.165, 1.54) is 23.3 Å². The Hall–Kier alpha value is -1.89. The first-order chi connectivity index (χ1) is 10.5. The lowest BCUT2D eigenvalue weighted by Gasteiger charge is -2.26. The second kappa shape index (κ2) is 7.40. The highest BCUT2D eigenvalue weighted by molar-refractivity contribution is 7.14. The summed E-state index contributed by atoms with van der Waals surface area (Å²) < 4.78 is 4.68. The Labute approximate surface area is 134 Å². The minimum atomic E-state index is -0.316. The standard InChI is InChI=1S/C15H21N3O3S/c1-4-12-10(2)9-13(22-12)14(19)17-16-11-5-7-18(8-6-11)15(20)21-3/h9H,4-8H2,1-3H3,(H,17,19). The van der Waals surface area contributed by atoms with E-state index in [0.717, 1.165) is 17.7 Å². The van der Waals surface area contributed by atoms with E-state index in [0.29, 0.717) is 30.8 Å². The molecule has 22 heavy (non-hydrogen) atoms. The maximum atomic E-state index is 12.1. The van der Waals surface area contributed by atoms with Gasteiger partial charge in [-0.15, -0.1) is 11.3 Å². The van der Waals surface area contributed by atoms with Crippen molar-refractivity contribution in [3.05, 3.63) is 21.4 Å². The number of hydrazone groups is 1. The first kappa shape index (κ1) is 16.5. The zero-order valence-corrected chi connectivity index (χ0v) is 14.0. The maximum absolute atomic E-state index is 12.1. The van der Waals surface area contributed by atoms with Gasteiger partial charge < -0.3 is 9.64 Å². The number of likely N-dealkylation sites (tertiary alicyclic amines) is 1. The van der Waals surface area contributed by atoms with Crippen molar-refractivity contribution in [3.63, 3.8) is 0 Å². The monoisotopic (exact) mass is 323 g/mol. The van der Waals surface area contributed by atoms with Crippen LogP contribution in [0.3, 0.4) is 0 Å². The number of piperidine rings is 1. The van der Waals surface area contributed by atoms with Crippen molar-refractivity contribution in [2.24, 2.45) is 5.10 Å². The minimum absolute atomic E-state index is 0.171. The third kappa shape index (κ3) is 3.85. The number of hydrogen-bond donors (Lipinski definition) is 1. The summed E-state index contributed by atoms with van der Waals surface area (Å²) in [5, 5.41) is 4.19. The Balaban J connectivity index is 1.89. The van der Waals surface area contributed by atoms with Crippen LogP contribution in [0.15, 0.2) is 11.2 Å². The Morgan fingerprint density at radius 3 is 2.64 bits per heavy atom. The van der Waals surface area contributed by atoms with Crippen molar-refractivity contribution in [1.29, 1.82) is 0 Å². The second-order valence-electron chi connectivity index (χ2n) is 5.15. The van der Waals surface area contributed by atoms with Crippen LogP contribution < -0.4 is 5.43 Å². The van der Waals surface area contributed by atoms with Crippen molar-refractivity contribution in [2.45, 2.75) is 33.1 Å². The third-order valence-corrected chi connectivity index (χ3v) is 5.03. The molecule has 0 bridgehead atoms. The molecule has 1 saturated heterocycles. The normalized spacial score (nSPS) is 14.7. The van der Waals surface area contributed by atoms with E-state index in [1.54, 1.807) is 4.90 Å². The van der Waals surface area contributed by atoms with Gasteiger partial charge in [-0.3, -0.25) is 4.79 Å². The van der Waals surface area contributed by atoms with Crippen molar-refractivity contribution in [3.8, 4) is 0 Å². The highest BCUT2D eigenvalue weighted by atomic mass is 32.1. The van der Waals surface area contributed by atoms with E-state index in [4.69, 9.17) is 0 Å². The molecule has 120 valence electrons. The van der Waals surface area contributed by atoms with Gasteiger partial charge >= 0.3 is 6.09 Å². The molecule has 1 N–H and O–H groups in total. The van der Waals surface area contributed by atoms with Crippen LogP contribution in [0, 0.1) is 6.92 Å². The van der Waals surface area contributed by atoms with Gasteiger partial charge in [-0.25, -0.2) is 10.2 Å². The van der Waals surface area contributed by atoms with Gasteiger partial charge in [0.25, 0.3) is 5.91 Å². The van der Waals surface area contributed by atoms with Crippen LogP contribution in [-0.2, 0) is 11.2 Å². The number of aryl methyl sites for hydroxylation is 2. The van der Waals surface area contributed by atoms with Gasteiger partial charge in [0.1, 0.15) is 0 Å². The van der Waals surface area contributed by atoms with Crippen LogP contribution in [0.25, 0.3) is 0 Å². The number of ether oxygens (including phenoxy) is 1. The average molecular weight is 323 g/mol. The van der Waals surface area contributed by atoms with Gasteiger partial charge in [0, 0.05) is 36.5 Å². The lowest BCUT2D eigenvalue weighted by atomic mass is 10.1. The number of carbonyl (C=O) groups is 2. The number of nitrogens with one attached hydrogen (secondary N) is 1. The van der Waals surface area contributed by atoms with Crippen molar-refractivity contribution in [1.82, 2.24) is 10.3 Å². The van der Waals surface area contributed by atoms with Crippen molar-refractivity contribution in [2.75, 3.05) is 20.2 Å². The van der Waals surface area contributed by atoms with Gasteiger partial charge in [-0.1, -0.05) is 6.92 Å². The summed E-state index contributed by atoms with van der Waals surface area (Å²) >= 11 is 1.51. The number of nitrogens with zero attached hydrogens (tertiary/aromatic N) is 2. The first-order valence-electron chi connectivity index (χ1n) is 7.33. The molecule has 0 aliphatic carbocycles. The van der Waals surface area contributed by atoms with Gasteiger partial charge in [0.15, 0.2) is 0 Å². The summed E-state index contributed by atoms with van der Waals surface area (Å²) in [6, 6.07) is 1.90. The third-order valence-electron chi connectivity index (χ3n) is 3.65.